The number of nitrogens with one attached hydrogen (secondary N) is 1. The van der Waals surface area contributed by atoms with Crippen molar-refractivity contribution in [2.75, 3.05) is 12.1 Å². The van der Waals surface area contributed by atoms with E-state index in [0.29, 0.717) is 12.3 Å². The van der Waals surface area contributed by atoms with Gasteiger partial charge in [0.1, 0.15) is 12.7 Å². The Morgan fingerprint density at radius 2 is 1.90 bits per heavy atom. The zero-order valence-electron chi connectivity index (χ0n) is 15.6. The van der Waals surface area contributed by atoms with E-state index < -0.39 is 48.1 Å². The first-order chi connectivity index (χ1) is 14.4. The first kappa shape index (κ1) is 20.0. The second-order valence-electron chi connectivity index (χ2n) is 7.15. The molecule has 1 saturated heterocycles. The van der Waals surface area contributed by atoms with Crippen LogP contribution in [0.2, 0.25) is 0 Å². The minimum absolute atomic E-state index is 0.0969. The molecule has 0 spiro atoms. The van der Waals surface area contributed by atoms with Gasteiger partial charge in [-0.2, -0.15) is 4.98 Å². The summed E-state index contributed by atoms with van der Waals surface area (Å²) in [6.45, 7) is -0.254. The molecule has 0 aromatic carbocycles. The predicted octanol–water partition coefficient (Wildman–Crippen LogP) is -0.322. The number of fused-ring (bicyclic) bond motifs is 1. The lowest BCUT2D eigenvalue weighted by Gasteiger charge is -2.25. The summed E-state index contributed by atoms with van der Waals surface area (Å²) >= 11 is 0. The highest BCUT2D eigenvalue weighted by atomic mass is 16.7. The van der Waals surface area contributed by atoms with Gasteiger partial charge in [0.05, 0.1) is 0 Å². The Morgan fingerprint density at radius 3 is 2.53 bits per heavy atom. The van der Waals surface area contributed by atoms with Crippen molar-refractivity contribution < 1.29 is 38.5 Å². The Morgan fingerprint density at radius 1 is 1.20 bits per heavy atom. The standard InChI is InChI=1S/C18H19N3O9/c22-12-3-4-13(23)30-16-15(29-12)10(8-27-14(24)7-9-1-2-9)28-17(16)21-6-5-11(20-26)19-18(21)25/h3-6,9-10,15-17,26H,1-2,7-8H2,(H,19,20,25)/b4-3-/t10-,15?,16-,17-/m1/s1. The monoisotopic (exact) mass is 421 g/mol. The Hall–Kier alpha value is -3.25. The molecule has 3 heterocycles. The van der Waals surface area contributed by atoms with E-state index in [1.807, 2.05) is 0 Å². The van der Waals surface area contributed by atoms with Crippen molar-refractivity contribution in [1.29, 1.82) is 0 Å². The van der Waals surface area contributed by atoms with Gasteiger partial charge < -0.3 is 18.9 Å². The molecule has 1 saturated carbocycles. The van der Waals surface area contributed by atoms with Gasteiger partial charge in [-0.15, -0.1) is 0 Å². The third kappa shape index (κ3) is 4.33. The van der Waals surface area contributed by atoms with E-state index in [4.69, 9.17) is 24.2 Å². The van der Waals surface area contributed by atoms with Crippen LogP contribution < -0.4 is 11.2 Å². The second-order valence-corrected chi connectivity index (χ2v) is 7.15. The molecule has 1 aromatic heterocycles. The van der Waals surface area contributed by atoms with Crippen molar-refractivity contribution in [1.82, 2.24) is 9.55 Å². The molecule has 1 aromatic rings. The largest absolute Gasteiger partial charge is 0.463 e. The first-order valence-corrected chi connectivity index (χ1v) is 9.34. The number of carbonyl (C=O) groups is 3. The highest BCUT2D eigenvalue weighted by Gasteiger charge is 2.51. The quantitative estimate of drug-likeness (QED) is 0.352. The summed E-state index contributed by atoms with van der Waals surface area (Å²) in [7, 11) is 0. The van der Waals surface area contributed by atoms with Gasteiger partial charge >= 0.3 is 23.6 Å². The fourth-order valence-electron chi connectivity index (χ4n) is 3.28. The van der Waals surface area contributed by atoms with Crippen LogP contribution in [0.25, 0.3) is 0 Å². The van der Waals surface area contributed by atoms with Crippen LogP contribution in [0.3, 0.4) is 0 Å². The summed E-state index contributed by atoms with van der Waals surface area (Å²) in [4.78, 5) is 51.8. The molecule has 0 amide bonds. The van der Waals surface area contributed by atoms with E-state index in [-0.39, 0.29) is 12.4 Å². The van der Waals surface area contributed by atoms with Crippen LogP contribution >= 0.6 is 0 Å². The maximum Gasteiger partial charge on any atom is 0.351 e. The second kappa shape index (κ2) is 8.24. The molecule has 2 fully saturated rings. The molecule has 0 radical (unpaired) electrons. The fourth-order valence-corrected chi connectivity index (χ4v) is 3.28. The van der Waals surface area contributed by atoms with Crippen molar-refractivity contribution in [3.63, 3.8) is 0 Å². The Bertz CT molecular complexity index is 939. The Kier molecular flexibility index (Phi) is 5.50. The predicted molar refractivity (Wildman–Crippen MR) is 95.0 cm³/mol. The number of rotatable bonds is 6. The number of esters is 3. The topological polar surface area (TPSA) is 155 Å². The third-order valence-electron chi connectivity index (χ3n) is 4.93. The molecule has 3 aliphatic rings. The number of hydrogen-bond donors (Lipinski definition) is 2. The average Bonchev–Trinajstić information content (AvgIpc) is 3.47. The van der Waals surface area contributed by atoms with Gasteiger partial charge in [-0.1, -0.05) is 0 Å². The lowest BCUT2D eigenvalue weighted by Crippen LogP contribution is -2.43. The van der Waals surface area contributed by atoms with Crippen LogP contribution in [-0.2, 0) is 33.3 Å². The van der Waals surface area contributed by atoms with Crippen molar-refractivity contribution in [2.45, 2.75) is 43.8 Å². The number of carbonyl (C=O) groups excluding carboxylic acids is 3. The molecule has 4 rings (SSSR count). The van der Waals surface area contributed by atoms with Gasteiger partial charge in [-0.05, 0) is 24.8 Å². The molecule has 160 valence electrons. The molecule has 0 bridgehead atoms. The van der Waals surface area contributed by atoms with Crippen molar-refractivity contribution in [3.05, 3.63) is 34.9 Å². The Balaban J connectivity index is 1.58. The summed E-state index contributed by atoms with van der Waals surface area (Å²) in [5.74, 6) is -1.80. The molecule has 1 aliphatic carbocycles. The number of hydrogen-bond acceptors (Lipinski definition) is 11. The number of nitrogens with zero attached hydrogens (tertiary/aromatic N) is 2. The summed E-state index contributed by atoms with van der Waals surface area (Å²) in [5.41, 5.74) is 0.933. The highest BCUT2D eigenvalue weighted by molar-refractivity contribution is 5.92. The van der Waals surface area contributed by atoms with Gasteiger partial charge in [0, 0.05) is 24.8 Å². The molecule has 4 atom stereocenters. The minimum atomic E-state index is -1.20. The molecule has 30 heavy (non-hydrogen) atoms. The van der Waals surface area contributed by atoms with Gasteiger partial charge in [-0.25, -0.2) is 14.4 Å². The van der Waals surface area contributed by atoms with Gasteiger partial charge in [0.25, 0.3) is 0 Å². The normalized spacial score (nSPS) is 29.1. The van der Waals surface area contributed by atoms with Crippen LogP contribution in [0.15, 0.2) is 29.2 Å². The number of ether oxygens (including phenoxy) is 4. The van der Waals surface area contributed by atoms with Crippen molar-refractivity contribution >= 4 is 23.7 Å². The minimum Gasteiger partial charge on any atom is -0.463 e. The summed E-state index contributed by atoms with van der Waals surface area (Å²) in [6.07, 6.45) is 0.857. The zero-order chi connectivity index (χ0) is 21.3. The highest BCUT2D eigenvalue weighted by Crippen LogP contribution is 2.35. The lowest BCUT2D eigenvalue weighted by atomic mass is 10.1. The third-order valence-corrected chi connectivity index (χ3v) is 4.93. The van der Waals surface area contributed by atoms with E-state index in [9.17, 15) is 19.2 Å². The molecule has 12 nitrogen and oxygen atoms in total. The fraction of sp³-hybridized carbons (Fsp3) is 0.500. The van der Waals surface area contributed by atoms with Crippen LogP contribution in [0.4, 0.5) is 5.82 Å². The van der Waals surface area contributed by atoms with E-state index in [1.54, 1.807) is 5.48 Å². The lowest BCUT2D eigenvalue weighted by molar-refractivity contribution is -0.165. The van der Waals surface area contributed by atoms with Gasteiger partial charge in [-0.3, -0.25) is 20.0 Å². The summed E-state index contributed by atoms with van der Waals surface area (Å²) < 4.78 is 22.7. The van der Waals surface area contributed by atoms with E-state index in [2.05, 4.69) is 4.98 Å². The smallest absolute Gasteiger partial charge is 0.351 e. The number of aromatic nitrogens is 2. The van der Waals surface area contributed by atoms with E-state index >= 15 is 0 Å². The molecule has 12 heteroatoms. The van der Waals surface area contributed by atoms with Crippen LogP contribution in [-0.4, -0.2) is 57.6 Å². The molecular formula is C18H19N3O9. The molecular weight excluding hydrogens is 402 g/mol. The zero-order valence-corrected chi connectivity index (χ0v) is 15.6. The van der Waals surface area contributed by atoms with Gasteiger partial charge in [0.15, 0.2) is 24.3 Å². The van der Waals surface area contributed by atoms with Crippen LogP contribution in [0, 0.1) is 5.92 Å². The van der Waals surface area contributed by atoms with Crippen LogP contribution in [0.1, 0.15) is 25.5 Å². The van der Waals surface area contributed by atoms with E-state index in [1.165, 1.54) is 12.3 Å². The number of anilines is 1. The molecule has 2 N–H and O–H groups in total. The van der Waals surface area contributed by atoms with Crippen molar-refractivity contribution in [2.24, 2.45) is 5.92 Å². The van der Waals surface area contributed by atoms with E-state index in [0.717, 1.165) is 29.6 Å². The summed E-state index contributed by atoms with van der Waals surface area (Å²) in [5, 5.41) is 8.89. The summed E-state index contributed by atoms with van der Waals surface area (Å²) in [6, 6.07) is 1.29. The average molecular weight is 421 g/mol. The maximum absolute atomic E-state index is 12.3. The van der Waals surface area contributed by atoms with Crippen molar-refractivity contribution in [3.8, 4) is 0 Å². The van der Waals surface area contributed by atoms with Gasteiger partial charge in [0.2, 0.25) is 0 Å². The SMILES string of the molecule is O=C1/C=C\C(=O)O[C@@H]2C(O1)[C@@H](COC(=O)CC1CC1)O[C@H]2n1ccc(NO)nc1=O. The molecule has 2 aliphatic heterocycles. The first-order valence-electron chi connectivity index (χ1n) is 9.34. The Labute approximate surface area is 169 Å². The maximum atomic E-state index is 12.3. The van der Waals surface area contributed by atoms with Crippen LogP contribution in [0.5, 0.6) is 0 Å². The molecule has 1 unspecified atom stereocenters.